The minimum absolute atomic E-state index is 0. The number of carbonyl (C=O) groups is 1. The first-order chi connectivity index (χ1) is 9.69. The summed E-state index contributed by atoms with van der Waals surface area (Å²) in [4.78, 5) is 18.2. The molecule has 122 valence electrons. The van der Waals surface area contributed by atoms with Crippen LogP contribution in [-0.4, -0.2) is 62.7 Å². The molecule has 6 nitrogen and oxygen atoms in total. The number of likely N-dealkylation sites (N-methyl/N-ethyl adjacent to an activating group) is 1. The van der Waals surface area contributed by atoms with Gasteiger partial charge in [-0.25, -0.2) is 4.99 Å². The fourth-order valence-corrected chi connectivity index (χ4v) is 2.91. The SMILES string of the molecule is CCNC(=O)CN=C(NCC)N1CCC2(CCOC2)C1.I. The van der Waals surface area contributed by atoms with Crippen molar-refractivity contribution in [1.82, 2.24) is 15.5 Å². The van der Waals surface area contributed by atoms with E-state index in [1.54, 1.807) is 0 Å². The summed E-state index contributed by atoms with van der Waals surface area (Å²) in [6, 6.07) is 0. The van der Waals surface area contributed by atoms with Gasteiger partial charge >= 0.3 is 0 Å². The zero-order valence-corrected chi connectivity index (χ0v) is 15.3. The molecule has 2 heterocycles. The first-order valence-electron chi connectivity index (χ1n) is 7.57. The van der Waals surface area contributed by atoms with Crippen LogP contribution in [0.3, 0.4) is 0 Å². The topological polar surface area (TPSA) is 66.0 Å². The Morgan fingerprint density at radius 1 is 1.29 bits per heavy atom. The van der Waals surface area contributed by atoms with Crippen LogP contribution in [-0.2, 0) is 9.53 Å². The molecule has 1 atom stereocenters. The number of guanidine groups is 1. The van der Waals surface area contributed by atoms with Crippen molar-refractivity contribution in [2.24, 2.45) is 10.4 Å². The second-order valence-electron chi connectivity index (χ2n) is 5.60. The number of ether oxygens (including phenoxy) is 1. The van der Waals surface area contributed by atoms with Crippen molar-refractivity contribution < 1.29 is 9.53 Å². The molecule has 21 heavy (non-hydrogen) atoms. The second-order valence-corrected chi connectivity index (χ2v) is 5.60. The van der Waals surface area contributed by atoms with Crippen molar-refractivity contribution in [3.63, 3.8) is 0 Å². The zero-order chi connectivity index (χ0) is 14.4. The molecule has 2 rings (SSSR count). The Kier molecular flexibility index (Phi) is 7.72. The van der Waals surface area contributed by atoms with Crippen LogP contribution in [0.5, 0.6) is 0 Å². The van der Waals surface area contributed by atoms with E-state index in [0.717, 1.165) is 51.6 Å². The van der Waals surface area contributed by atoms with Crippen molar-refractivity contribution in [3.05, 3.63) is 0 Å². The summed E-state index contributed by atoms with van der Waals surface area (Å²) in [5, 5.41) is 6.05. The lowest BCUT2D eigenvalue weighted by Crippen LogP contribution is -2.42. The Labute approximate surface area is 144 Å². The Bertz CT molecular complexity index is 370. The third-order valence-electron chi connectivity index (χ3n) is 4.00. The average Bonchev–Trinajstić information content (AvgIpc) is 3.06. The molecule has 1 amide bonds. The fourth-order valence-electron chi connectivity index (χ4n) is 2.91. The minimum Gasteiger partial charge on any atom is -0.381 e. The summed E-state index contributed by atoms with van der Waals surface area (Å²) >= 11 is 0. The van der Waals surface area contributed by atoms with Gasteiger partial charge in [0.2, 0.25) is 5.91 Å². The highest BCUT2D eigenvalue weighted by molar-refractivity contribution is 14.0. The molecule has 7 heteroatoms. The van der Waals surface area contributed by atoms with E-state index in [4.69, 9.17) is 4.74 Å². The number of hydrogen-bond acceptors (Lipinski definition) is 3. The van der Waals surface area contributed by atoms with Crippen LogP contribution in [0, 0.1) is 5.41 Å². The third kappa shape index (κ3) is 4.98. The van der Waals surface area contributed by atoms with E-state index in [2.05, 4.69) is 20.5 Å². The van der Waals surface area contributed by atoms with Gasteiger partial charge in [-0.2, -0.15) is 0 Å². The quantitative estimate of drug-likeness (QED) is 0.409. The molecule has 2 aliphatic rings. The molecule has 2 fully saturated rings. The van der Waals surface area contributed by atoms with Crippen LogP contribution in [0.4, 0.5) is 0 Å². The Hall–Kier alpha value is -0.570. The van der Waals surface area contributed by atoms with Crippen LogP contribution in [0.1, 0.15) is 26.7 Å². The minimum atomic E-state index is -0.0268. The van der Waals surface area contributed by atoms with Gasteiger partial charge in [0.05, 0.1) is 6.61 Å². The van der Waals surface area contributed by atoms with E-state index < -0.39 is 0 Å². The van der Waals surface area contributed by atoms with Crippen molar-refractivity contribution in [2.75, 3.05) is 45.9 Å². The number of carbonyl (C=O) groups excluding carboxylic acids is 1. The molecule has 2 saturated heterocycles. The predicted molar refractivity (Wildman–Crippen MR) is 94.1 cm³/mol. The molecule has 0 aromatic heterocycles. The molecule has 0 aromatic rings. The molecule has 0 bridgehead atoms. The molecular weight excluding hydrogens is 383 g/mol. The van der Waals surface area contributed by atoms with E-state index in [1.165, 1.54) is 0 Å². The lowest BCUT2D eigenvalue weighted by Gasteiger charge is -2.24. The summed E-state index contributed by atoms with van der Waals surface area (Å²) in [6.45, 7) is 9.32. The van der Waals surface area contributed by atoms with Crippen LogP contribution < -0.4 is 10.6 Å². The average molecular weight is 410 g/mol. The van der Waals surface area contributed by atoms with Crippen molar-refractivity contribution >= 4 is 35.8 Å². The molecule has 0 aliphatic carbocycles. The first kappa shape index (κ1) is 18.5. The van der Waals surface area contributed by atoms with Crippen molar-refractivity contribution in [3.8, 4) is 0 Å². The number of amides is 1. The Morgan fingerprint density at radius 2 is 2.05 bits per heavy atom. The van der Waals surface area contributed by atoms with Gasteiger partial charge in [0.1, 0.15) is 6.54 Å². The molecule has 0 saturated carbocycles. The highest BCUT2D eigenvalue weighted by atomic mass is 127. The smallest absolute Gasteiger partial charge is 0.241 e. The van der Waals surface area contributed by atoms with Crippen LogP contribution in [0.2, 0.25) is 0 Å². The molecular formula is C14H27IN4O2. The highest BCUT2D eigenvalue weighted by Crippen LogP contribution is 2.38. The third-order valence-corrected chi connectivity index (χ3v) is 4.00. The first-order valence-corrected chi connectivity index (χ1v) is 7.57. The molecule has 2 N–H and O–H groups in total. The summed E-state index contributed by atoms with van der Waals surface area (Å²) in [6.07, 6.45) is 2.29. The molecule has 0 radical (unpaired) electrons. The number of hydrogen-bond donors (Lipinski definition) is 2. The lowest BCUT2D eigenvalue weighted by molar-refractivity contribution is -0.119. The van der Waals surface area contributed by atoms with E-state index in [9.17, 15) is 4.79 Å². The van der Waals surface area contributed by atoms with Gasteiger partial charge in [0.15, 0.2) is 5.96 Å². The highest BCUT2D eigenvalue weighted by Gasteiger charge is 2.42. The maximum absolute atomic E-state index is 11.5. The van der Waals surface area contributed by atoms with Crippen LogP contribution >= 0.6 is 24.0 Å². The number of aliphatic imine (C=N–C) groups is 1. The fraction of sp³-hybridized carbons (Fsp3) is 0.857. The normalized spacial score (nSPS) is 25.0. The van der Waals surface area contributed by atoms with E-state index in [1.807, 2.05) is 13.8 Å². The Balaban J connectivity index is 0.00000220. The molecule has 1 unspecified atom stereocenters. The van der Waals surface area contributed by atoms with Gasteiger partial charge < -0.3 is 20.3 Å². The molecule has 0 aromatic carbocycles. The van der Waals surface area contributed by atoms with E-state index >= 15 is 0 Å². The van der Waals surface area contributed by atoms with Gasteiger partial charge in [-0.05, 0) is 26.7 Å². The summed E-state index contributed by atoms with van der Waals surface area (Å²) in [5.41, 5.74) is 0.307. The van der Waals surface area contributed by atoms with Gasteiger partial charge in [-0.3, -0.25) is 4.79 Å². The molecule has 1 spiro atoms. The molecule has 2 aliphatic heterocycles. The largest absolute Gasteiger partial charge is 0.381 e. The number of nitrogens with one attached hydrogen (secondary N) is 2. The van der Waals surface area contributed by atoms with Gasteiger partial charge in [0, 0.05) is 38.2 Å². The summed E-state index contributed by atoms with van der Waals surface area (Å²) < 4.78 is 5.55. The van der Waals surface area contributed by atoms with Gasteiger partial charge in [-0.15, -0.1) is 24.0 Å². The summed E-state index contributed by atoms with van der Waals surface area (Å²) in [5.74, 6) is 0.823. The van der Waals surface area contributed by atoms with Crippen LogP contribution in [0.15, 0.2) is 4.99 Å². The van der Waals surface area contributed by atoms with E-state index in [-0.39, 0.29) is 36.4 Å². The lowest BCUT2D eigenvalue weighted by atomic mass is 9.87. The second kappa shape index (κ2) is 8.77. The van der Waals surface area contributed by atoms with Crippen molar-refractivity contribution in [2.45, 2.75) is 26.7 Å². The number of nitrogens with zero attached hydrogens (tertiary/aromatic N) is 2. The Morgan fingerprint density at radius 3 is 2.67 bits per heavy atom. The predicted octanol–water partition coefficient (Wildman–Crippen LogP) is 0.818. The van der Waals surface area contributed by atoms with Crippen LogP contribution in [0.25, 0.3) is 0 Å². The van der Waals surface area contributed by atoms with Gasteiger partial charge in [0.25, 0.3) is 0 Å². The number of halogens is 1. The maximum atomic E-state index is 11.5. The van der Waals surface area contributed by atoms with E-state index in [0.29, 0.717) is 12.0 Å². The zero-order valence-electron chi connectivity index (χ0n) is 13.0. The monoisotopic (exact) mass is 410 g/mol. The standard InChI is InChI=1S/C14H26N4O2.HI/c1-3-15-12(19)9-17-13(16-4-2)18-7-5-14(10-18)6-8-20-11-14;/h3-11H2,1-2H3,(H,15,19)(H,16,17);1H. The van der Waals surface area contributed by atoms with Gasteiger partial charge in [-0.1, -0.05) is 0 Å². The van der Waals surface area contributed by atoms with Crippen molar-refractivity contribution in [1.29, 1.82) is 0 Å². The number of rotatable bonds is 4. The summed E-state index contributed by atoms with van der Waals surface area (Å²) in [7, 11) is 0. The maximum Gasteiger partial charge on any atom is 0.241 e. The number of likely N-dealkylation sites (tertiary alicyclic amines) is 1.